The van der Waals surface area contributed by atoms with Crippen LogP contribution in [-0.4, -0.2) is 0 Å². The van der Waals surface area contributed by atoms with Crippen molar-refractivity contribution in [1.82, 2.24) is 0 Å². The Bertz CT molecular complexity index is 2970. The van der Waals surface area contributed by atoms with Crippen molar-refractivity contribution in [2.24, 2.45) is 0 Å². The summed E-state index contributed by atoms with van der Waals surface area (Å²) in [5.41, 5.74) is 16.6. The highest BCUT2D eigenvalue weighted by Gasteiger charge is 2.53. The number of hydrogen-bond acceptors (Lipinski definition) is 1. The molecule has 3 aliphatic rings. The van der Waals surface area contributed by atoms with Gasteiger partial charge in [0.05, 0.1) is 10.8 Å². The molecule has 1 spiro atoms. The Morgan fingerprint density at radius 1 is 0.291 bits per heavy atom. The summed E-state index contributed by atoms with van der Waals surface area (Å²) < 4.78 is 6.95. The van der Waals surface area contributed by atoms with Crippen molar-refractivity contribution in [2.75, 3.05) is 0 Å². The molecule has 1 heteroatoms. The Kier molecular flexibility index (Phi) is 6.25. The van der Waals surface area contributed by atoms with E-state index in [-0.39, 0.29) is 0 Å². The first-order valence-electron chi connectivity index (χ1n) is 19.2. The number of para-hydroxylation sites is 1. The van der Waals surface area contributed by atoms with E-state index in [0.717, 1.165) is 22.6 Å². The number of benzene rings is 9. The van der Waals surface area contributed by atoms with Gasteiger partial charge in [-0.3, -0.25) is 0 Å². The summed E-state index contributed by atoms with van der Waals surface area (Å²) >= 11 is 0. The monoisotopic (exact) mass is 698 g/mol. The number of fused-ring (bicyclic) bond motifs is 13. The van der Waals surface area contributed by atoms with Crippen LogP contribution in [0.3, 0.4) is 0 Å². The first-order valence-corrected chi connectivity index (χ1v) is 19.2. The summed E-state index contributed by atoms with van der Waals surface area (Å²) in [6, 6.07) is 76.2. The molecule has 2 aliphatic carbocycles. The summed E-state index contributed by atoms with van der Waals surface area (Å²) in [6.07, 6.45) is 0. The van der Waals surface area contributed by atoms with E-state index in [1.807, 2.05) is 0 Å². The normalized spacial score (nSPS) is 16.4. The van der Waals surface area contributed by atoms with Crippen LogP contribution in [0.25, 0.3) is 44.2 Å². The van der Waals surface area contributed by atoms with Gasteiger partial charge in [-0.05, 0) is 102 Å². The zero-order valence-corrected chi connectivity index (χ0v) is 30.0. The predicted octanol–water partition coefficient (Wildman–Crippen LogP) is 13.3. The molecule has 256 valence electrons. The van der Waals surface area contributed by atoms with Crippen molar-refractivity contribution in [3.8, 4) is 44.9 Å². The van der Waals surface area contributed by atoms with Crippen LogP contribution in [-0.2, 0) is 10.8 Å². The van der Waals surface area contributed by atoms with Crippen molar-refractivity contribution in [2.45, 2.75) is 10.8 Å². The van der Waals surface area contributed by atoms with Crippen molar-refractivity contribution in [1.29, 1.82) is 0 Å². The Morgan fingerprint density at radius 3 is 1.55 bits per heavy atom. The lowest BCUT2D eigenvalue weighted by Gasteiger charge is -2.43. The van der Waals surface area contributed by atoms with Gasteiger partial charge >= 0.3 is 0 Å². The number of ether oxygens (including phenoxy) is 1. The summed E-state index contributed by atoms with van der Waals surface area (Å²) in [4.78, 5) is 0. The van der Waals surface area contributed by atoms with E-state index in [9.17, 15) is 0 Å². The second-order valence-electron chi connectivity index (χ2n) is 15.1. The highest BCUT2D eigenvalue weighted by molar-refractivity contribution is 6.03. The molecule has 1 atom stereocenters. The maximum absolute atomic E-state index is 6.95. The van der Waals surface area contributed by atoms with Crippen LogP contribution < -0.4 is 4.74 Å². The minimum atomic E-state index is -0.646. The molecule has 1 heterocycles. The Balaban J connectivity index is 1.22. The van der Waals surface area contributed by atoms with Gasteiger partial charge in [-0.1, -0.05) is 182 Å². The maximum atomic E-state index is 6.95. The van der Waals surface area contributed by atoms with Crippen molar-refractivity contribution < 1.29 is 4.74 Å². The fourth-order valence-electron chi connectivity index (χ4n) is 10.6. The molecule has 0 fully saturated rings. The van der Waals surface area contributed by atoms with Crippen LogP contribution in [0.15, 0.2) is 206 Å². The summed E-state index contributed by atoms with van der Waals surface area (Å²) in [6.45, 7) is 0. The van der Waals surface area contributed by atoms with E-state index in [2.05, 4.69) is 206 Å². The molecule has 0 bridgehead atoms. The van der Waals surface area contributed by atoms with Crippen molar-refractivity contribution in [3.63, 3.8) is 0 Å². The Morgan fingerprint density at radius 2 is 0.800 bits per heavy atom. The largest absolute Gasteiger partial charge is 0.457 e. The van der Waals surface area contributed by atoms with Gasteiger partial charge in [0.2, 0.25) is 0 Å². The third kappa shape index (κ3) is 3.87. The molecule has 9 aromatic carbocycles. The van der Waals surface area contributed by atoms with E-state index in [1.54, 1.807) is 0 Å². The van der Waals surface area contributed by atoms with Crippen LogP contribution in [0, 0.1) is 0 Å². The van der Waals surface area contributed by atoms with Gasteiger partial charge in [-0.25, -0.2) is 0 Å². The van der Waals surface area contributed by atoms with Crippen LogP contribution in [0.4, 0.5) is 0 Å². The summed E-state index contributed by atoms with van der Waals surface area (Å²) in [5, 5.41) is 2.53. The van der Waals surface area contributed by atoms with Gasteiger partial charge in [0.25, 0.3) is 0 Å². The van der Waals surface area contributed by atoms with Crippen LogP contribution in [0.2, 0.25) is 0 Å². The highest BCUT2D eigenvalue weighted by atomic mass is 16.5. The third-order valence-corrected chi connectivity index (χ3v) is 12.6. The SMILES string of the molecule is c1ccc(C2(c3ccccc3)c3ccccc3Oc3cccc(-c4cccc5c4-c4ccccc4C54c5ccccc5-c5cc6ccccc6cc54)c32)cc1. The average molecular weight is 699 g/mol. The Hall–Kier alpha value is -6.96. The lowest BCUT2D eigenvalue weighted by atomic mass is 9.62. The molecule has 0 aromatic heterocycles. The molecule has 0 saturated carbocycles. The molecule has 9 aromatic rings. The summed E-state index contributed by atoms with van der Waals surface area (Å²) in [5.74, 6) is 1.76. The smallest absolute Gasteiger partial charge is 0.132 e. The second kappa shape index (κ2) is 11.3. The highest BCUT2D eigenvalue weighted by Crippen LogP contribution is 2.65. The molecule has 0 radical (unpaired) electrons. The van der Waals surface area contributed by atoms with Crippen LogP contribution in [0.5, 0.6) is 11.5 Å². The van der Waals surface area contributed by atoms with E-state index >= 15 is 0 Å². The van der Waals surface area contributed by atoms with Crippen LogP contribution >= 0.6 is 0 Å². The lowest BCUT2D eigenvalue weighted by Crippen LogP contribution is -2.34. The second-order valence-corrected chi connectivity index (χ2v) is 15.1. The third-order valence-electron chi connectivity index (χ3n) is 12.6. The molecule has 0 amide bonds. The molecule has 0 saturated heterocycles. The zero-order valence-electron chi connectivity index (χ0n) is 30.0. The van der Waals surface area contributed by atoms with E-state index in [4.69, 9.17) is 4.74 Å². The van der Waals surface area contributed by atoms with Gasteiger partial charge in [0, 0.05) is 11.1 Å². The molecular weight excluding hydrogens is 665 g/mol. The zero-order chi connectivity index (χ0) is 36.1. The van der Waals surface area contributed by atoms with E-state index in [1.165, 1.54) is 77.5 Å². The van der Waals surface area contributed by atoms with E-state index in [0.29, 0.717) is 0 Å². The van der Waals surface area contributed by atoms with Crippen molar-refractivity contribution >= 4 is 10.8 Å². The van der Waals surface area contributed by atoms with Crippen molar-refractivity contribution in [3.05, 3.63) is 251 Å². The molecular formula is C54H34O. The topological polar surface area (TPSA) is 9.23 Å². The van der Waals surface area contributed by atoms with Gasteiger partial charge in [0.1, 0.15) is 11.5 Å². The fraction of sp³-hybridized carbons (Fsp3) is 0.0370. The minimum Gasteiger partial charge on any atom is -0.457 e. The predicted molar refractivity (Wildman–Crippen MR) is 224 cm³/mol. The standard InChI is InChI=1S/C54H34O/c1-3-19-37(20-4-1)53(38-21-5-2-6-22-38)46-29-13-14-31-49(46)55-50-32-16-26-41(52(50)53)40-25-15-30-47-51(40)42-24-10-12-28-45(42)54(47)44-27-11-9-23-39(44)43-33-35-17-7-8-18-36(35)34-48(43)54/h1-34H. The number of rotatable bonds is 3. The Labute approximate surface area is 320 Å². The summed E-state index contributed by atoms with van der Waals surface area (Å²) in [7, 11) is 0. The molecule has 12 rings (SSSR count). The molecule has 1 unspecified atom stereocenters. The molecule has 1 nitrogen and oxygen atoms in total. The molecule has 55 heavy (non-hydrogen) atoms. The molecule has 0 N–H and O–H groups in total. The van der Waals surface area contributed by atoms with Gasteiger partial charge in [0.15, 0.2) is 0 Å². The lowest BCUT2D eigenvalue weighted by molar-refractivity contribution is 0.435. The fourth-order valence-corrected chi connectivity index (χ4v) is 10.6. The quantitative estimate of drug-likeness (QED) is 0.178. The van der Waals surface area contributed by atoms with Gasteiger partial charge < -0.3 is 4.74 Å². The van der Waals surface area contributed by atoms with E-state index < -0.39 is 10.8 Å². The van der Waals surface area contributed by atoms with Gasteiger partial charge in [-0.15, -0.1) is 0 Å². The number of hydrogen-bond donors (Lipinski definition) is 0. The minimum absolute atomic E-state index is 0.466. The maximum Gasteiger partial charge on any atom is 0.132 e. The first-order chi connectivity index (χ1) is 27.3. The first kappa shape index (κ1) is 30.5. The molecule has 1 aliphatic heterocycles. The van der Waals surface area contributed by atoms with Gasteiger partial charge in [-0.2, -0.15) is 0 Å². The average Bonchev–Trinajstić information content (AvgIpc) is 3.72. The van der Waals surface area contributed by atoms with Crippen LogP contribution in [0.1, 0.15) is 44.5 Å².